The first-order valence-electron chi connectivity index (χ1n) is 20.0. The minimum atomic E-state index is -2.95. The molecule has 270 valence electrons. The summed E-state index contributed by atoms with van der Waals surface area (Å²) in [4.78, 5) is 14.9. The fourth-order valence-corrected chi connectivity index (χ4v) is 15.6. The number of hydrogen-bond acceptors (Lipinski definition) is 4. The Labute approximate surface area is 339 Å². The number of anilines is 6. The lowest BCUT2D eigenvalue weighted by atomic mass is 9.33. The van der Waals surface area contributed by atoms with E-state index in [9.17, 15) is 0 Å². The van der Waals surface area contributed by atoms with Crippen LogP contribution >= 0.6 is 0 Å². The van der Waals surface area contributed by atoms with Gasteiger partial charge in [-0.2, -0.15) is 0 Å². The van der Waals surface area contributed by atoms with Gasteiger partial charge in [0.15, 0.2) is 8.07 Å². The van der Waals surface area contributed by atoms with E-state index in [4.69, 9.17) is 9.97 Å². The van der Waals surface area contributed by atoms with Crippen molar-refractivity contribution in [3.8, 4) is 22.5 Å². The molecule has 3 aliphatic heterocycles. The lowest BCUT2D eigenvalue weighted by Gasteiger charge is -2.51. The minimum absolute atomic E-state index is 0.0215. The number of benzene rings is 7. The molecule has 4 nitrogen and oxygen atoms in total. The average Bonchev–Trinajstić information content (AvgIpc) is 3.30. The van der Waals surface area contributed by atoms with Crippen molar-refractivity contribution >= 4 is 86.0 Å². The molecule has 0 saturated carbocycles. The van der Waals surface area contributed by atoms with Gasteiger partial charge in [0, 0.05) is 46.3 Å². The van der Waals surface area contributed by atoms with Gasteiger partial charge in [0.25, 0.3) is 6.71 Å². The van der Waals surface area contributed by atoms with E-state index in [0.717, 1.165) is 33.9 Å². The van der Waals surface area contributed by atoms with Crippen LogP contribution in [0.2, 0.25) is 0 Å². The van der Waals surface area contributed by atoms with Gasteiger partial charge in [0.2, 0.25) is 0 Å². The average molecular weight is 755 g/mol. The molecule has 0 bridgehead atoms. The van der Waals surface area contributed by atoms with Crippen LogP contribution in [0.4, 0.5) is 34.1 Å². The Bertz CT molecular complexity index is 2830. The van der Waals surface area contributed by atoms with Crippen LogP contribution in [0.15, 0.2) is 213 Å². The zero-order chi connectivity index (χ0) is 38.2. The molecule has 0 spiro atoms. The predicted octanol–water partition coefficient (Wildman–Crippen LogP) is 7.58. The maximum absolute atomic E-state index is 4.89. The van der Waals surface area contributed by atoms with E-state index < -0.39 is 8.07 Å². The fourth-order valence-electron chi connectivity index (χ4n) is 10.3. The third-order valence-corrected chi connectivity index (χ3v) is 17.3. The lowest BCUT2D eigenvalue weighted by Crippen LogP contribution is -2.88. The van der Waals surface area contributed by atoms with Crippen LogP contribution in [0.3, 0.4) is 0 Å². The second-order valence-electron chi connectivity index (χ2n) is 15.2. The van der Waals surface area contributed by atoms with Gasteiger partial charge in [-0.25, -0.2) is 0 Å². The molecule has 6 heteroatoms. The Morgan fingerprint density at radius 3 is 1.16 bits per heavy atom. The third-order valence-electron chi connectivity index (χ3n) is 12.4. The van der Waals surface area contributed by atoms with Crippen molar-refractivity contribution in [1.29, 1.82) is 0 Å². The molecule has 5 heterocycles. The first-order valence-corrected chi connectivity index (χ1v) is 22.0. The quantitative estimate of drug-likeness (QED) is 0.164. The van der Waals surface area contributed by atoms with E-state index in [1.54, 1.807) is 0 Å². The van der Waals surface area contributed by atoms with Crippen LogP contribution in [-0.2, 0) is 0 Å². The Morgan fingerprint density at radius 2 is 0.707 bits per heavy atom. The summed E-state index contributed by atoms with van der Waals surface area (Å²) in [5, 5.41) is 5.65. The Morgan fingerprint density at radius 1 is 0.328 bits per heavy atom. The molecule has 12 rings (SSSR count). The van der Waals surface area contributed by atoms with Crippen LogP contribution < -0.4 is 46.9 Å². The van der Waals surface area contributed by atoms with Crippen LogP contribution in [0, 0.1) is 0 Å². The van der Waals surface area contributed by atoms with Crippen molar-refractivity contribution in [2.24, 2.45) is 0 Å². The number of para-hydroxylation sites is 2. The van der Waals surface area contributed by atoms with E-state index in [-0.39, 0.29) is 6.71 Å². The molecule has 0 aliphatic carbocycles. The van der Waals surface area contributed by atoms with Gasteiger partial charge < -0.3 is 9.80 Å². The largest absolute Gasteiger partial charge is 0.311 e. The maximum Gasteiger partial charge on any atom is 0.251 e. The fraction of sp³-hybridized carbons (Fsp3) is 0. The number of hydrogen-bond donors (Lipinski definition) is 0. The number of nitrogens with zero attached hydrogens (tertiary/aromatic N) is 4. The molecule has 9 aromatic rings. The SMILES string of the molecule is c1ccc([Si]2(c3ccccc3)c3cccc4c3B3c5c(cccc5N(c5ccccc5-c5ccccn5)c5cccc2c53)N4c2ccccc2-c2ccccn2)cc1. The highest BCUT2D eigenvalue weighted by Crippen LogP contribution is 2.47. The van der Waals surface area contributed by atoms with Crippen LogP contribution in [0.5, 0.6) is 0 Å². The van der Waals surface area contributed by atoms with E-state index in [1.165, 1.54) is 59.9 Å². The maximum atomic E-state index is 4.89. The first-order chi connectivity index (χ1) is 28.8. The molecule has 0 fully saturated rings. The summed E-state index contributed by atoms with van der Waals surface area (Å²) in [6, 6.07) is 73.8. The second-order valence-corrected chi connectivity index (χ2v) is 19.0. The van der Waals surface area contributed by atoms with E-state index in [2.05, 4.69) is 198 Å². The topological polar surface area (TPSA) is 32.3 Å². The van der Waals surface area contributed by atoms with E-state index in [0.29, 0.717) is 0 Å². The molecule has 0 saturated heterocycles. The smallest absolute Gasteiger partial charge is 0.251 e. The van der Waals surface area contributed by atoms with Crippen molar-refractivity contribution in [2.75, 3.05) is 9.80 Å². The molecule has 0 amide bonds. The summed E-state index contributed by atoms with van der Waals surface area (Å²) in [6.45, 7) is 0.0215. The standard InChI is InChI=1S/C52H35BN4Si/c1-3-18-36(19-4-1)58(37-20-5-2-6-21-37)48-32-16-30-46-51(48)53-50-44(56(46)42-26-9-7-22-38(42)40-24-11-13-34-54-40)28-15-29-45(50)57(47-31-17-33-49(58)52(47)53)43-27-10-8-23-39(43)41-25-12-14-35-55-41/h1-35H. The number of pyridine rings is 2. The molecular weight excluding hydrogens is 719 g/mol. The van der Waals surface area contributed by atoms with E-state index >= 15 is 0 Å². The van der Waals surface area contributed by atoms with Gasteiger partial charge in [0.05, 0.1) is 22.8 Å². The number of rotatable bonds is 6. The Balaban J connectivity index is 1.26. The highest BCUT2D eigenvalue weighted by Gasteiger charge is 2.56. The summed E-state index contributed by atoms with van der Waals surface area (Å²) in [5.74, 6) is 0. The number of aromatic nitrogens is 2. The molecular formula is C52H35BN4Si. The second kappa shape index (κ2) is 12.9. The van der Waals surface area contributed by atoms with Crippen LogP contribution in [0.1, 0.15) is 0 Å². The molecule has 58 heavy (non-hydrogen) atoms. The zero-order valence-corrected chi connectivity index (χ0v) is 32.6. The van der Waals surface area contributed by atoms with E-state index in [1.807, 2.05) is 24.5 Å². The van der Waals surface area contributed by atoms with Crippen molar-refractivity contribution in [2.45, 2.75) is 0 Å². The van der Waals surface area contributed by atoms with Crippen molar-refractivity contribution in [3.05, 3.63) is 213 Å². The third kappa shape index (κ3) is 4.52. The van der Waals surface area contributed by atoms with Crippen LogP contribution in [-0.4, -0.2) is 24.8 Å². The monoisotopic (exact) mass is 754 g/mol. The van der Waals surface area contributed by atoms with Gasteiger partial charge >= 0.3 is 0 Å². The molecule has 7 aromatic carbocycles. The summed E-state index contributed by atoms with van der Waals surface area (Å²) in [5.41, 5.74) is 15.2. The predicted molar refractivity (Wildman–Crippen MR) is 244 cm³/mol. The van der Waals surface area contributed by atoms with Crippen molar-refractivity contribution in [1.82, 2.24) is 9.97 Å². The first kappa shape index (κ1) is 32.9. The highest BCUT2D eigenvalue weighted by atomic mass is 28.3. The highest BCUT2D eigenvalue weighted by molar-refractivity contribution is 7.27. The van der Waals surface area contributed by atoms with Crippen molar-refractivity contribution < 1.29 is 0 Å². The Hall–Kier alpha value is -7.28. The molecule has 0 N–H and O–H groups in total. The zero-order valence-electron chi connectivity index (χ0n) is 31.6. The summed E-state index contributed by atoms with van der Waals surface area (Å²) < 4.78 is 0. The normalized spacial score (nSPS) is 13.9. The van der Waals surface area contributed by atoms with Gasteiger partial charge in [0.1, 0.15) is 0 Å². The van der Waals surface area contributed by atoms with Gasteiger partial charge in [-0.3, -0.25) is 9.97 Å². The summed E-state index contributed by atoms with van der Waals surface area (Å²) in [7, 11) is -2.95. The van der Waals surface area contributed by atoms with Gasteiger partial charge in [-0.15, -0.1) is 0 Å². The van der Waals surface area contributed by atoms with Gasteiger partial charge in [-0.1, -0.05) is 140 Å². The van der Waals surface area contributed by atoms with Gasteiger partial charge in [-0.05, 0) is 97.8 Å². The molecule has 2 aromatic heterocycles. The Kier molecular flexibility index (Phi) is 7.31. The molecule has 0 unspecified atom stereocenters. The van der Waals surface area contributed by atoms with Crippen molar-refractivity contribution in [3.63, 3.8) is 0 Å². The minimum Gasteiger partial charge on any atom is -0.311 e. The molecule has 0 radical (unpaired) electrons. The lowest BCUT2D eigenvalue weighted by molar-refractivity contribution is 1.24. The van der Waals surface area contributed by atoms with Crippen LogP contribution in [0.25, 0.3) is 22.5 Å². The molecule has 3 aliphatic rings. The summed E-state index contributed by atoms with van der Waals surface area (Å²) >= 11 is 0. The molecule has 0 atom stereocenters. The summed E-state index contributed by atoms with van der Waals surface area (Å²) in [6.07, 6.45) is 3.78.